The van der Waals surface area contributed by atoms with E-state index in [4.69, 9.17) is 0 Å². The van der Waals surface area contributed by atoms with E-state index in [-0.39, 0.29) is 0 Å². The summed E-state index contributed by atoms with van der Waals surface area (Å²) in [6.45, 7) is 5.43. The fraction of sp³-hybridized carbons (Fsp3) is 0.357. The van der Waals surface area contributed by atoms with E-state index in [0.717, 1.165) is 23.6 Å². The van der Waals surface area contributed by atoms with Gasteiger partial charge in [0.15, 0.2) is 9.84 Å². The number of aromatic nitrogens is 2. The summed E-state index contributed by atoms with van der Waals surface area (Å²) in [4.78, 5) is 4.61. The van der Waals surface area contributed by atoms with Crippen molar-refractivity contribution in [3.05, 3.63) is 42.0 Å². The molecule has 0 aliphatic heterocycles. The molecule has 0 radical (unpaired) electrons. The van der Waals surface area contributed by atoms with Crippen LogP contribution in [0.5, 0.6) is 0 Å². The molecular weight excluding hydrogens is 274 g/mol. The third-order valence-corrected chi connectivity index (χ3v) is 4.33. The monoisotopic (exact) mass is 293 g/mol. The Hall–Kier alpha value is -1.82. The molecule has 0 fully saturated rings. The van der Waals surface area contributed by atoms with Crippen LogP contribution in [0.2, 0.25) is 0 Å². The highest BCUT2D eigenvalue weighted by atomic mass is 32.2. The summed E-state index contributed by atoms with van der Waals surface area (Å²) in [6, 6.07) is 5.11. The molecule has 0 unspecified atom stereocenters. The van der Waals surface area contributed by atoms with E-state index in [1.165, 1.54) is 6.26 Å². The van der Waals surface area contributed by atoms with E-state index in [1.807, 2.05) is 23.8 Å². The van der Waals surface area contributed by atoms with Crippen molar-refractivity contribution in [3.63, 3.8) is 0 Å². The summed E-state index contributed by atoms with van der Waals surface area (Å²) in [7, 11) is -3.19. The van der Waals surface area contributed by atoms with Crippen LogP contribution in [0.1, 0.15) is 18.3 Å². The Morgan fingerprint density at radius 2 is 2.10 bits per heavy atom. The number of aryl methyl sites for hydroxylation is 2. The van der Waals surface area contributed by atoms with E-state index in [9.17, 15) is 8.42 Å². The maximum Gasteiger partial charge on any atom is 0.175 e. The van der Waals surface area contributed by atoms with Crippen LogP contribution in [0.25, 0.3) is 0 Å². The second-order valence-corrected chi connectivity index (χ2v) is 6.75. The van der Waals surface area contributed by atoms with Crippen molar-refractivity contribution in [1.29, 1.82) is 0 Å². The largest absolute Gasteiger partial charge is 0.378 e. The lowest BCUT2D eigenvalue weighted by Gasteiger charge is -2.11. The van der Waals surface area contributed by atoms with Crippen LogP contribution in [0.3, 0.4) is 0 Å². The van der Waals surface area contributed by atoms with Gasteiger partial charge in [-0.15, -0.1) is 0 Å². The molecule has 6 heteroatoms. The van der Waals surface area contributed by atoms with Gasteiger partial charge in [0.25, 0.3) is 0 Å². The number of sulfone groups is 1. The molecule has 0 aliphatic rings. The average molecular weight is 293 g/mol. The van der Waals surface area contributed by atoms with Gasteiger partial charge in [0.2, 0.25) is 0 Å². The topological polar surface area (TPSA) is 64.0 Å². The van der Waals surface area contributed by atoms with Gasteiger partial charge in [0.1, 0.15) is 5.82 Å². The third kappa shape index (κ3) is 3.19. The van der Waals surface area contributed by atoms with Crippen LogP contribution in [-0.4, -0.2) is 24.2 Å². The molecule has 1 N–H and O–H groups in total. The number of imidazole rings is 1. The van der Waals surface area contributed by atoms with E-state index < -0.39 is 9.84 Å². The number of nitrogens with zero attached hydrogens (tertiary/aromatic N) is 2. The van der Waals surface area contributed by atoms with Gasteiger partial charge < -0.3 is 9.88 Å². The van der Waals surface area contributed by atoms with Crippen LogP contribution >= 0.6 is 0 Å². The molecule has 108 valence electrons. The second-order valence-electron chi connectivity index (χ2n) is 4.73. The Bertz CT molecular complexity index is 705. The second kappa shape index (κ2) is 5.66. The molecule has 1 heterocycles. The summed E-state index contributed by atoms with van der Waals surface area (Å²) in [6.07, 6.45) is 4.91. The standard InChI is InChI=1S/C14H19N3O2S/c1-4-17-8-7-15-14(17)10-16-13-9-12(20(3,18)19)6-5-11(13)2/h5-9,16H,4,10H2,1-3H3. The Labute approximate surface area is 119 Å². The van der Waals surface area contributed by atoms with Crippen LogP contribution < -0.4 is 5.32 Å². The predicted molar refractivity (Wildman–Crippen MR) is 79.5 cm³/mol. The Kier molecular flexibility index (Phi) is 4.13. The molecule has 1 aromatic heterocycles. The molecule has 5 nitrogen and oxygen atoms in total. The minimum Gasteiger partial charge on any atom is -0.378 e. The van der Waals surface area contributed by atoms with Crippen LogP contribution in [-0.2, 0) is 22.9 Å². The number of rotatable bonds is 5. The fourth-order valence-corrected chi connectivity index (χ4v) is 2.64. The smallest absolute Gasteiger partial charge is 0.175 e. The first-order valence-corrected chi connectivity index (χ1v) is 8.35. The van der Waals surface area contributed by atoms with Crippen molar-refractivity contribution >= 4 is 15.5 Å². The van der Waals surface area contributed by atoms with Crippen LogP contribution in [0, 0.1) is 6.92 Å². The van der Waals surface area contributed by atoms with Gasteiger partial charge in [-0.3, -0.25) is 0 Å². The molecule has 0 amide bonds. The summed E-state index contributed by atoms with van der Waals surface area (Å²) in [5.41, 5.74) is 1.82. The minimum absolute atomic E-state index is 0.324. The van der Waals surface area contributed by atoms with Gasteiger partial charge in [-0.1, -0.05) is 6.07 Å². The molecule has 20 heavy (non-hydrogen) atoms. The zero-order valence-electron chi connectivity index (χ0n) is 11.9. The average Bonchev–Trinajstić information content (AvgIpc) is 2.83. The van der Waals surface area contributed by atoms with Gasteiger partial charge in [-0.05, 0) is 31.5 Å². The van der Waals surface area contributed by atoms with E-state index in [1.54, 1.807) is 18.3 Å². The molecular formula is C14H19N3O2S. The zero-order chi connectivity index (χ0) is 14.8. The van der Waals surface area contributed by atoms with E-state index in [0.29, 0.717) is 11.4 Å². The molecule has 0 atom stereocenters. The van der Waals surface area contributed by atoms with Crippen molar-refractivity contribution in [2.45, 2.75) is 31.8 Å². The summed E-state index contributed by atoms with van der Waals surface area (Å²) < 4.78 is 25.2. The van der Waals surface area contributed by atoms with Crippen LogP contribution in [0.15, 0.2) is 35.5 Å². The van der Waals surface area contributed by atoms with Crippen molar-refractivity contribution in [2.75, 3.05) is 11.6 Å². The lowest BCUT2D eigenvalue weighted by atomic mass is 10.2. The van der Waals surface area contributed by atoms with Gasteiger partial charge in [0, 0.05) is 30.9 Å². The van der Waals surface area contributed by atoms with E-state index >= 15 is 0 Å². The Balaban J connectivity index is 2.21. The lowest BCUT2D eigenvalue weighted by molar-refractivity contribution is 0.602. The third-order valence-electron chi connectivity index (χ3n) is 3.22. The summed E-state index contributed by atoms with van der Waals surface area (Å²) in [5.74, 6) is 0.927. The number of nitrogens with one attached hydrogen (secondary N) is 1. The Morgan fingerprint density at radius 1 is 1.35 bits per heavy atom. The summed E-state index contributed by atoms with van der Waals surface area (Å²) in [5, 5.41) is 3.25. The SMILES string of the molecule is CCn1ccnc1CNc1cc(S(C)(=O)=O)ccc1C. The molecule has 0 spiro atoms. The zero-order valence-corrected chi connectivity index (χ0v) is 12.7. The van der Waals surface area contributed by atoms with Crippen molar-refractivity contribution in [3.8, 4) is 0 Å². The first-order chi connectivity index (χ1) is 9.41. The number of benzene rings is 1. The van der Waals surface area contributed by atoms with Gasteiger partial charge in [-0.2, -0.15) is 0 Å². The van der Waals surface area contributed by atoms with Crippen molar-refractivity contribution in [2.24, 2.45) is 0 Å². The first kappa shape index (κ1) is 14.6. The summed E-state index contributed by atoms with van der Waals surface area (Å²) >= 11 is 0. The normalized spacial score (nSPS) is 11.6. The lowest BCUT2D eigenvalue weighted by Crippen LogP contribution is -2.09. The first-order valence-electron chi connectivity index (χ1n) is 6.46. The maximum atomic E-state index is 11.6. The molecule has 0 bridgehead atoms. The maximum absolute atomic E-state index is 11.6. The molecule has 0 saturated heterocycles. The highest BCUT2D eigenvalue weighted by Gasteiger charge is 2.10. The molecule has 2 rings (SSSR count). The van der Waals surface area contributed by atoms with Crippen molar-refractivity contribution in [1.82, 2.24) is 9.55 Å². The fourth-order valence-electron chi connectivity index (χ4n) is 1.99. The van der Waals surface area contributed by atoms with Gasteiger partial charge >= 0.3 is 0 Å². The molecule has 0 aliphatic carbocycles. The van der Waals surface area contributed by atoms with E-state index in [2.05, 4.69) is 17.2 Å². The molecule has 1 aromatic carbocycles. The highest BCUT2D eigenvalue weighted by molar-refractivity contribution is 7.90. The minimum atomic E-state index is -3.19. The quantitative estimate of drug-likeness (QED) is 0.918. The molecule has 2 aromatic rings. The van der Waals surface area contributed by atoms with Gasteiger partial charge in [-0.25, -0.2) is 13.4 Å². The number of hydrogen-bond donors (Lipinski definition) is 1. The Morgan fingerprint density at radius 3 is 2.75 bits per heavy atom. The van der Waals surface area contributed by atoms with Crippen molar-refractivity contribution < 1.29 is 8.42 Å². The van der Waals surface area contributed by atoms with Gasteiger partial charge in [0.05, 0.1) is 11.4 Å². The number of hydrogen-bond acceptors (Lipinski definition) is 4. The van der Waals surface area contributed by atoms with Crippen LogP contribution in [0.4, 0.5) is 5.69 Å². The predicted octanol–water partition coefficient (Wildman–Crippen LogP) is 2.23. The molecule has 0 saturated carbocycles. The number of anilines is 1. The highest BCUT2D eigenvalue weighted by Crippen LogP contribution is 2.20.